The molecule has 0 spiro atoms. The third kappa shape index (κ3) is 2.96. The maximum atomic E-state index is 12.1. The van der Waals surface area contributed by atoms with Gasteiger partial charge in [0.2, 0.25) is 0 Å². The first-order valence-electron chi connectivity index (χ1n) is 6.94. The quantitative estimate of drug-likeness (QED) is 0.828. The van der Waals surface area contributed by atoms with Crippen molar-refractivity contribution in [1.82, 2.24) is 4.98 Å². The van der Waals surface area contributed by atoms with Crippen LogP contribution in [0.15, 0.2) is 24.3 Å². The van der Waals surface area contributed by atoms with E-state index in [-0.39, 0.29) is 27.9 Å². The summed E-state index contributed by atoms with van der Waals surface area (Å²) in [4.78, 5) is 38.9. The van der Waals surface area contributed by atoms with Gasteiger partial charge in [-0.25, -0.2) is 14.4 Å². The molecule has 0 aliphatic carbocycles. The van der Waals surface area contributed by atoms with Crippen LogP contribution in [0.2, 0.25) is 0 Å². The van der Waals surface area contributed by atoms with Crippen molar-refractivity contribution in [2.75, 3.05) is 7.11 Å². The van der Waals surface area contributed by atoms with E-state index in [0.29, 0.717) is 11.3 Å². The fourth-order valence-electron chi connectivity index (χ4n) is 2.53. The number of ether oxygens (including phenoxy) is 1. The highest BCUT2D eigenvalue weighted by atomic mass is 16.5. The Hall–Kier alpha value is -3.22. The van der Waals surface area contributed by atoms with Crippen molar-refractivity contribution in [1.29, 1.82) is 0 Å². The first-order chi connectivity index (χ1) is 11.3. The second-order valence-corrected chi connectivity index (χ2v) is 5.09. The normalized spacial score (nSPS) is 10.3. The molecule has 7 heteroatoms. The Morgan fingerprint density at radius 3 is 1.92 bits per heavy atom. The van der Waals surface area contributed by atoms with Crippen molar-refractivity contribution in [3.8, 4) is 11.1 Å². The molecule has 24 heavy (non-hydrogen) atoms. The summed E-state index contributed by atoms with van der Waals surface area (Å²) in [6, 6.07) is 5.60. The second-order valence-electron chi connectivity index (χ2n) is 5.09. The summed E-state index contributed by atoms with van der Waals surface area (Å²) in [5.41, 5.74) is 1.12. The molecule has 0 aliphatic heterocycles. The van der Waals surface area contributed by atoms with Crippen LogP contribution in [0.3, 0.4) is 0 Å². The number of hydrogen-bond donors (Lipinski definition) is 2. The predicted molar refractivity (Wildman–Crippen MR) is 84.4 cm³/mol. The Bertz CT molecular complexity index is 839. The highest BCUT2D eigenvalue weighted by molar-refractivity contribution is 6.06. The summed E-state index contributed by atoms with van der Waals surface area (Å²) in [7, 11) is 1.19. The molecule has 124 valence electrons. The average Bonchev–Trinajstić information content (AvgIpc) is 2.53. The van der Waals surface area contributed by atoms with Crippen LogP contribution in [0.1, 0.15) is 42.5 Å². The molecular weight excluding hydrogens is 314 g/mol. The molecule has 1 heterocycles. The van der Waals surface area contributed by atoms with Crippen LogP contribution in [0.25, 0.3) is 11.1 Å². The lowest BCUT2D eigenvalue weighted by molar-refractivity contribution is 0.0599. The molecule has 0 aliphatic rings. The molecule has 0 saturated heterocycles. The number of nitrogens with zero attached hydrogens (tertiary/aromatic N) is 1. The van der Waals surface area contributed by atoms with E-state index in [9.17, 15) is 19.5 Å². The van der Waals surface area contributed by atoms with Crippen molar-refractivity contribution < 1.29 is 29.3 Å². The average molecular weight is 329 g/mol. The zero-order chi connectivity index (χ0) is 18.0. The highest BCUT2D eigenvalue weighted by Crippen LogP contribution is 2.32. The summed E-state index contributed by atoms with van der Waals surface area (Å²) in [5.74, 6) is -3.04. The molecule has 0 bridgehead atoms. The number of aromatic nitrogens is 1. The fourth-order valence-corrected chi connectivity index (χ4v) is 2.53. The van der Waals surface area contributed by atoms with E-state index in [0.717, 1.165) is 0 Å². The van der Waals surface area contributed by atoms with Crippen LogP contribution in [0.5, 0.6) is 0 Å². The second kappa shape index (κ2) is 6.49. The molecule has 1 aromatic heterocycles. The van der Waals surface area contributed by atoms with E-state index in [1.165, 1.54) is 38.3 Å². The number of aryl methyl sites for hydroxylation is 2. The van der Waals surface area contributed by atoms with E-state index < -0.39 is 17.9 Å². The van der Waals surface area contributed by atoms with Gasteiger partial charge in [-0.2, -0.15) is 0 Å². The largest absolute Gasteiger partial charge is 0.478 e. The van der Waals surface area contributed by atoms with Gasteiger partial charge in [-0.3, -0.25) is 4.98 Å². The first-order valence-corrected chi connectivity index (χ1v) is 6.94. The summed E-state index contributed by atoms with van der Waals surface area (Å²) in [6.07, 6.45) is 0. The lowest BCUT2D eigenvalue weighted by atomic mass is 9.92. The van der Waals surface area contributed by atoms with Crippen molar-refractivity contribution >= 4 is 17.9 Å². The summed E-state index contributed by atoms with van der Waals surface area (Å²) < 4.78 is 4.75. The molecule has 0 unspecified atom stereocenters. The van der Waals surface area contributed by atoms with E-state index in [2.05, 4.69) is 4.98 Å². The lowest BCUT2D eigenvalue weighted by Crippen LogP contribution is -2.15. The summed E-state index contributed by atoms with van der Waals surface area (Å²) >= 11 is 0. The maximum absolute atomic E-state index is 12.1. The smallest absolute Gasteiger partial charge is 0.340 e. The minimum atomic E-state index is -1.23. The Kier molecular flexibility index (Phi) is 4.64. The highest BCUT2D eigenvalue weighted by Gasteiger charge is 2.26. The number of carboxylic acids is 2. The number of carbonyl (C=O) groups excluding carboxylic acids is 1. The van der Waals surface area contributed by atoms with Crippen molar-refractivity contribution in [3.63, 3.8) is 0 Å². The number of rotatable bonds is 4. The van der Waals surface area contributed by atoms with Gasteiger partial charge < -0.3 is 14.9 Å². The minimum Gasteiger partial charge on any atom is -0.478 e. The van der Waals surface area contributed by atoms with Crippen molar-refractivity contribution in [2.45, 2.75) is 13.8 Å². The van der Waals surface area contributed by atoms with Crippen molar-refractivity contribution in [2.24, 2.45) is 0 Å². The third-order valence-corrected chi connectivity index (χ3v) is 3.58. The molecule has 0 atom stereocenters. The molecule has 1 aromatic carbocycles. The summed E-state index contributed by atoms with van der Waals surface area (Å²) in [5, 5.41) is 18.5. The predicted octanol–water partition coefficient (Wildman–Crippen LogP) is 2.55. The SMILES string of the molecule is COC(=O)c1c(C)nc(C)c(C(=O)O)c1-c1ccc(C(=O)O)cc1. The van der Waals surface area contributed by atoms with E-state index in [4.69, 9.17) is 9.84 Å². The standard InChI is InChI=1S/C17H15NO6/c1-8-12(16(21)22)14(13(9(2)18-8)17(23)24-3)10-4-6-11(7-5-10)15(19)20/h4-7H,1-3H3,(H,19,20)(H,21,22). The van der Waals surface area contributed by atoms with Gasteiger partial charge in [0.15, 0.2) is 0 Å². The number of pyridine rings is 1. The Labute approximate surface area is 137 Å². The van der Waals surface area contributed by atoms with Crippen LogP contribution in [-0.4, -0.2) is 40.2 Å². The monoisotopic (exact) mass is 329 g/mol. The number of aromatic carboxylic acids is 2. The molecule has 0 saturated carbocycles. The van der Waals surface area contributed by atoms with Gasteiger partial charge in [0, 0.05) is 5.56 Å². The van der Waals surface area contributed by atoms with E-state index in [1.807, 2.05) is 0 Å². The molecular formula is C17H15NO6. The number of esters is 1. The number of carbonyl (C=O) groups is 3. The first kappa shape index (κ1) is 17.1. The van der Waals surface area contributed by atoms with Gasteiger partial charge in [0.25, 0.3) is 0 Å². The zero-order valence-corrected chi connectivity index (χ0v) is 13.3. The number of carboxylic acid groups (broad SMARTS) is 2. The zero-order valence-electron chi connectivity index (χ0n) is 13.3. The van der Waals surface area contributed by atoms with E-state index >= 15 is 0 Å². The van der Waals surface area contributed by atoms with Crippen LogP contribution < -0.4 is 0 Å². The van der Waals surface area contributed by atoms with Gasteiger partial charge in [0.1, 0.15) is 0 Å². The molecule has 7 nitrogen and oxygen atoms in total. The van der Waals surface area contributed by atoms with Gasteiger partial charge in [0.05, 0.1) is 35.2 Å². The Morgan fingerprint density at radius 1 is 0.917 bits per heavy atom. The van der Waals surface area contributed by atoms with Gasteiger partial charge in [-0.15, -0.1) is 0 Å². The number of hydrogen-bond acceptors (Lipinski definition) is 5. The topological polar surface area (TPSA) is 114 Å². The van der Waals surface area contributed by atoms with Crippen molar-refractivity contribution in [3.05, 3.63) is 52.3 Å². The maximum Gasteiger partial charge on any atom is 0.340 e. The van der Waals surface area contributed by atoms with Crippen LogP contribution in [-0.2, 0) is 4.74 Å². The van der Waals surface area contributed by atoms with Gasteiger partial charge in [-0.1, -0.05) is 12.1 Å². The number of benzene rings is 1. The minimum absolute atomic E-state index is 0.0450. The molecule has 2 rings (SSSR count). The Balaban J connectivity index is 2.85. The fraction of sp³-hybridized carbons (Fsp3) is 0.176. The molecule has 0 radical (unpaired) electrons. The summed E-state index contributed by atoms with van der Waals surface area (Å²) in [6.45, 7) is 3.12. The number of methoxy groups -OCH3 is 1. The van der Waals surface area contributed by atoms with Gasteiger partial charge in [-0.05, 0) is 31.5 Å². The van der Waals surface area contributed by atoms with Crippen LogP contribution in [0, 0.1) is 13.8 Å². The van der Waals surface area contributed by atoms with Crippen LogP contribution in [0.4, 0.5) is 0 Å². The van der Waals surface area contributed by atoms with Crippen LogP contribution >= 0.6 is 0 Å². The molecule has 0 amide bonds. The van der Waals surface area contributed by atoms with Gasteiger partial charge >= 0.3 is 17.9 Å². The molecule has 2 N–H and O–H groups in total. The Morgan fingerprint density at radius 2 is 1.46 bits per heavy atom. The molecule has 2 aromatic rings. The third-order valence-electron chi connectivity index (χ3n) is 3.58. The molecule has 0 fully saturated rings. The lowest BCUT2D eigenvalue weighted by Gasteiger charge is -2.16. The van der Waals surface area contributed by atoms with E-state index in [1.54, 1.807) is 6.92 Å².